The molecule has 2 aromatic heterocycles. The van der Waals surface area contributed by atoms with Crippen molar-refractivity contribution in [3.8, 4) is 23.0 Å². The van der Waals surface area contributed by atoms with Crippen LogP contribution in [0.4, 0.5) is 28.2 Å². The molecule has 262 valence electrons. The standard InChI is InChI=1S/C35H35F4N7O4/c1-2-40-34(48)50-44-29-19-4-5-20(29)15-45(14-19)32-24-13-41-30(23-11-22(47)10-18-6-7-25(37)27(38)26(18)23)28(39)31(24)42-33(43-32)49-17-35-8-3-9-46(35)16-21(36)12-35/h6-7,10-11,13,19-21,47H,2-5,8-9,12,14-17H2,1H3,(H,40,48)/t19?,20?,21-,35+/m1/s1. The number of benzene rings is 2. The Balaban J connectivity index is 1.21. The Kier molecular flexibility index (Phi) is 8.11. The third-order valence-electron chi connectivity index (χ3n) is 10.6. The molecule has 1 aliphatic carbocycles. The monoisotopic (exact) mass is 693 g/mol. The molecular formula is C35H35F4N7O4. The van der Waals surface area contributed by atoms with E-state index in [1.54, 1.807) is 6.92 Å². The molecule has 1 saturated carbocycles. The average molecular weight is 694 g/mol. The molecule has 50 heavy (non-hydrogen) atoms. The van der Waals surface area contributed by atoms with Crippen LogP contribution in [0.15, 0.2) is 35.6 Å². The fourth-order valence-electron chi connectivity index (χ4n) is 8.33. The van der Waals surface area contributed by atoms with E-state index >= 15 is 8.78 Å². The van der Waals surface area contributed by atoms with E-state index in [4.69, 9.17) is 14.6 Å². The van der Waals surface area contributed by atoms with Gasteiger partial charge in [0.2, 0.25) is 0 Å². The van der Waals surface area contributed by atoms with E-state index in [0.717, 1.165) is 50.1 Å². The molecule has 4 aromatic rings. The maximum Gasteiger partial charge on any atom is 0.433 e. The predicted octanol–water partition coefficient (Wildman–Crippen LogP) is 5.87. The number of fused-ring (bicyclic) bond motifs is 5. The van der Waals surface area contributed by atoms with Crippen molar-refractivity contribution in [3.05, 3.63) is 47.9 Å². The highest BCUT2D eigenvalue weighted by Crippen LogP contribution is 2.43. The number of phenols is 1. The van der Waals surface area contributed by atoms with Crippen LogP contribution in [0.1, 0.15) is 39.0 Å². The first-order valence-electron chi connectivity index (χ1n) is 16.9. The number of hydrogen-bond donors (Lipinski definition) is 2. The van der Waals surface area contributed by atoms with Crippen LogP contribution in [-0.2, 0) is 4.84 Å². The van der Waals surface area contributed by atoms with Crippen LogP contribution < -0.4 is 15.0 Å². The first-order chi connectivity index (χ1) is 24.1. The van der Waals surface area contributed by atoms with E-state index in [1.807, 2.05) is 4.90 Å². The number of aromatic hydroxyl groups is 1. The maximum absolute atomic E-state index is 16.8. The Morgan fingerprint density at radius 2 is 1.92 bits per heavy atom. The van der Waals surface area contributed by atoms with Gasteiger partial charge in [0.25, 0.3) is 0 Å². The molecular weight excluding hydrogens is 658 g/mol. The third-order valence-corrected chi connectivity index (χ3v) is 10.6. The topological polar surface area (TPSA) is 125 Å². The number of carbonyl (C=O) groups is 1. The molecule has 0 radical (unpaired) electrons. The zero-order chi connectivity index (χ0) is 34.7. The quantitative estimate of drug-likeness (QED) is 0.139. The Morgan fingerprint density at radius 1 is 1.12 bits per heavy atom. The number of alkyl halides is 1. The van der Waals surface area contributed by atoms with Crippen LogP contribution in [0.2, 0.25) is 0 Å². The lowest BCUT2D eigenvalue weighted by Crippen LogP contribution is -2.44. The number of anilines is 1. The summed E-state index contributed by atoms with van der Waals surface area (Å²) >= 11 is 0. The second kappa shape index (κ2) is 12.5. The fourth-order valence-corrected chi connectivity index (χ4v) is 8.33. The summed E-state index contributed by atoms with van der Waals surface area (Å²) in [4.78, 5) is 34.7. The Hall–Kier alpha value is -4.79. The minimum absolute atomic E-state index is 0.0583. The lowest BCUT2D eigenvalue weighted by atomic mass is 9.95. The predicted molar refractivity (Wildman–Crippen MR) is 176 cm³/mol. The number of aromatic nitrogens is 3. The number of piperidine rings is 1. The van der Waals surface area contributed by atoms with Gasteiger partial charge in [0.15, 0.2) is 17.5 Å². The minimum Gasteiger partial charge on any atom is -0.508 e. The van der Waals surface area contributed by atoms with Crippen molar-refractivity contribution in [2.45, 2.75) is 50.7 Å². The first kappa shape index (κ1) is 32.4. The van der Waals surface area contributed by atoms with Gasteiger partial charge >= 0.3 is 12.1 Å². The first-order valence-corrected chi connectivity index (χ1v) is 16.9. The molecule has 4 fully saturated rings. The summed E-state index contributed by atoms with van der Waals surface area (Å²) in [6.07, 6.45) is 3.35. The minimum atomic E-state index is -1.20. The van der Waals surface area contributed by atoms with E-state index in [2.05, 4.69) is 25.3 Å². The molecule has 4 atom stereocenters. The van der Waals surface area contributed by atoms with Gasteiger partial charge in [-0.2, -0.15) is 9.97 Å². The zero-order valence-corrected chi connectivity index (χ0v) is 27.3. The highest BCUT2D eigenvalue weighted by Gasteiger charge is 2.49. The van der Waals surface area contributed by atoms with E-state index in [9.17, 15) is 18.7 Å². The van der Waals surface area contributed by atoms with Crippen LogP contribution in [0.5, 0.6) is 11.8 Å². The van der Waals surface area contributed by atoms with Crippen LogP contribution in [0, 0.1) is 29.3 Å². The van der Waals surface area contributed by atoms with Crippen molar-refractivity contribution in [2.24, 2.45) is 17.0 Å². The molecule has 1 amide bonds. The lowest BCUT2D eigenvalue weighted by Gasteiger charge is -2.34. The van der Waals surface area contributed by atoms with E-state index in [1.165, 1.54) is 18.3 Å². The number of ether oxygens (including phenoxy) is 1. The van der Waals surface area contributed by atoms with Crippen molar-refractivity contribution in [3.63, 3.8) is 0 Å². The van der Waals surface area contributed by atoms with Gasteiger partial charge in [0.1, 0.15) is 35.6 Å². The van der Waals surface area contributed by atoms with Crippen LogP contribution >= 0.6 is 0 Å². The molecule has 2 bridgehead atoms. The fraction of sp³-hybridized carbons (Fsp3) is 0.457. The number of oxime groups is 1. The van der Waals surface area contributed by atoms with Gasteiger partial charge in [-0.25, -0.2) is 22.4 Å². The Morgan fingerprint density at radius 3 is 2.70 bits per heavy atom. The maximum atomic E-state index is 16.8. The van der Waals surface area contributed by atoms with Crippen LogP contribution in [-0.4, -0.2) is 87.8 Å². The summed E-state index contributed by atoms with van der Waals surface area (Å²) in [5, 5.41) is 17.4. The summed E-state index contributed by atoms with van der Waals surface area (Å²) in [5.41, 5.74) is -0.387. The van der Waals surface area contributed by atoms with Crippen LogP contribution in [0.3, 0.4) is 0 Å². The molecule has 2 aromatic carbocycles. The van der Waals surface area contributed by atoms with Gasteiger partial charge in [0.05, 0.1) is 16.6 Å². The number of amides is 1. The van der Waals surface area contributed by atoms with Crippen LogP contribution in [0.25, 0.3) is 32.9 Å². The molecule has 5 heterocycles. The van der Waals surface area contributed by atoms with Gasteiger partial charge in [0, 0.05) is 61.6 Å². The summed E-state index contributed by atoms with van der Waals surface area (Å²) < 4.78 is 67.1. The third kappa shape index (κ3) is 5.51. The Labute approximate surface area is 284 Å². The smallest absolute Gasteiger partial charge is 0.433 e. The normalized spacial score (nSPS) is 24.6. The molecule has 4 aliphatic rings. The molecule has 15 heteroatoms. The number of rotatable bonds is 7. The summed E-state index contributed by atoms with van der Waals surface area (Å²) in [6, 6.07) is 4.50. The molecule has 3 aliphatic heterocycles. The number of carbonyl (C=O) groups excluding carboxylic acids is 1. The SMILES string of the molecule is CCNC(=O)ON=C1C2CCC1CN(c1nc(OC[C@@]34CCCN3C[C@H](F)C4)nc3c(F)c(-c4cc(O)cc5ccc(F)c(F)c45)ncc13)C2. The van der Waals surface area contributed by atoms with E-state index < -0.39 is 35.3 Å². The van der Waals surface area contributed by atoms with Gasteiger partial charge < -0.3 is 20.1 Å². The van der Waals surface area contributed by atoms with Gasteiger partial charge in [-0.05, 0) is 62.7 Å². The van der Waals surface area contributed by atoms with Gasteiger partial charge in [-0.3, -0.25) is 14.7 Å². The van der Waals surface area contributed by atoms with Crippen molar-refractivity contribution in [2.75, 3.05) is 44.2 Å². The molecule has 11 nitrogen and oxygen atoms in total. The number of halogens is 4. The van der Waals surface area contributed by atoms with Crippen molar-refractivity contribution in [1.82, 2.24) is 25.2 Å². The molecule has 3 saturated heterocycles. The van der Waals surface area contributed by atoms with E-state index in [0.29, 0.717) is 38.4 Å². The molecule has 8 rings (SSSR count). The largest absolute Gasteiger partial charge is 0.508 e. The van der Waals surface area contributed by atoms with Crippen molar-refractivity contribution in [1.29, 1.82) is 0 Å². The van der Waals surface area contributed by atoms with Gasteiger partial charge in [-0.15, -0.1) is 0 Å². The number of pyridine rings is 1. The highest BCUT2D eigenvalue weighted by atomic mass is 19.2. The molecule has 0 spiro atoms. The summed E-state index contributed by atoms with van der Waals surface area (Å²) in [7, 11) is 0. The zero-order valence-electron chi connectivity index (χ0n) is 27.3. The molecule has 2 N–H and O–H groups in total. The number of nitrogens with zero attached hydrogens (tertiary/aromatic N) is 6. The number of phenolic OH excluding ortho intramolecular Hbond substituents is 1. The number of hydrogen-bond acceptors (Lipinski definition) is 10. The lowest BCUT2D eigenvalue weighted by molar-refractivity contribution is 0.107. The van der Waals surface area contributed by atoms with Crippen molar-refractivity contribution < 1.29 is 37.0 Å². The van der Waals surface area contributed by atoms with Gasteiger partial charge in [-0.1, -0.05) is 11.2 Å². The van der Waals surface area contributed by atoms with E-state index in [-0.39, 0.29) is 63.1 Å². The molecule has 2 unspecified atom stereocenters. The summed E-state index contributed by atoms with van der Waals surface area (Å²) in [5.74, 6) is -3.31. The summed E-state index contributed by atoms with van der Waals surface area (Å²) in [6.45, 7) is 4.26. The second-order valence-electron chi connectivity index (χ2n) is 13.6. The van der Waals surface area contributed by atoms with Crippen molar-refractivity contribution >= 4 is 39.3 Å². The second-order valence-corrected chi connectivity index (χ2v) is 13.6. The average Bonchev–Trinajstić information content (AvgIpc) is 3.70. The highest BCUT2D eigenvalue weighted by molar-refractivity contribution is 6.01. The Bertz CT molecular complexity index is 2030. The number of nitrogens with one attached hydrogen (secondary N) is 1.